The monoisotopic (exact) mass is 340 g/mol. The molecule has 0 aliphatic carbocycles. The highest BCUT2D eigenvalue weighted by atomic mass is 35.5. The van der Waals surface area contributed by atoms with Gasteiger partial charge in [-0.05, 0) is 18.2 Å². The zero-order valence-corrected chi connectivity index (χ0v) is 11.9. The topological polar surface area (TPSA) is 38.9 Å². The molecule has 0 atom stereocenters. The number of anilines is 1. The van der Waals surface area contributed by atoms with E-state index in [0.717, 1.165) is 12.3 Å². The van der Waals surface area contributed by atoms with Gasteiger partial charge in [-0.1, -0.05) is 34.8 Å². The van der Waals surface area contributed by atoms with Gasteiger partial charge in [0, 0.05) is 22.3 Å². The van der Waals surface area contributed by atoms with Crippen molar-refractivity contribution in [3.63, 3.8) is 0 Å². The Morgan fingerprint density at radius 3 is 2.30 bits per heavy atom. The number of nitrogen functional groups attached to an aromatic ring is 1. The largest absolute Gasteiger partial charge is 0.420 e. The minimum absolute atomic E-state index is 0.0350. The zero-order valence-electron chi connectivity index (χ0n) is 9.60. The molecule has 2 nitrogen and oxygen atoms in total. The van der Waals surface area contributed by atoms with E-state index in [2.05, 4.69) is 4.98 Å². The van der Waals surface area contributed by atoms with E-state index in [-0.39, 0.29) is 26.2 Å². The molecule has 0 bridgehead atoms. The molecule has 0 aliphatic rings. The SMILES string of the molecule is Nc1nccc(-c2cc(Cl)cc(Cl)c2Cl)c1C(F)(F)F. The summed E-state index contributed by atoms with van der Waals surface area (Å²) in [4.78, 5) is 3.45. The van der Waals surface area contributed by atoms with Gasteiger partial charge in [-0.2, -0.15) is 13.2 Å². The van der Waals surface area contributed by atoms with Gasteiger partial charge in [-0.3, -0.25) is 0 Å². The number of pyridine rings is 1. The second kappa shape index (κ2) is 5.31. The van der Waals surface area contributed by atoms with E-state index in [1.165, 1.54) is 12.1 Å². The average Bonchev–Trinajstić information content (AvgIpc) is 2.31. The van der Waals surface area contributed by atoms with Crippen molar-refractivity contribution in [2.75, 3.05) is 5.73 Å². The fraction of sp³-hybridized carbons (Fsp3) is 0.0833. The quantitative estimate of drug-likeness (QED) is 0.714. The van der Waals surface area contributed by atoms with E-state index < -0.39 is 17.6 Å². The van der Waals surface area contributed by atoms with Crippen molar-refractivity contribution in [1.82, 2.24) is 4.98 Å². The number of nitrogens with two attached hydrogens (primary N) is 1. The highest BCUT2D eigenvalue weighted by molar-refractivity contribution is 6.45. The van der Waals surface area contributed by atoms with Crippen molar-refractivity contribution < 1.29 is 13.2 Å². The van der Waals surface area contributed by atoms with Crippen LogP contribution in [0.4, 0.5) is 19.0 Å². The van der Waals surface area contributed by atoms with E-state index in [4.69, 9.17) is 40.5 Å². The normalized spacial score (nSPS) is 11.7. The molecule has 2 rings (SSSR count). The third kappa shape index (κ3) is 2.80. The fourth-order valence-electron chi connectivity index (χ4n) is 1.75. The lowest BCUT2D eigenvalue weighted by atomic mass is 10.0. The summed E-state index contributed by atoms with van der Waals surface area (Å²) in [6.07, 6.45) is -3.52. The van der Waals surface area contributed by atoms with Crippen molar-refractivity contribution in [1.29, 1.82) is 0 Å². The minimum atomic E-state index is -4.67. The zero-order chi connectivity index (χ0) is 15.1. The van der Waals surface area contributed by atoms with Crippen LogP contribution in [0.2, 0.25) is 15.1 Å². The molecular formula is C12H6Cl3F3N2. The number of hydrogen-bond acceptors (Lipinski definition) is 2. The highest BCUT2D eigenvalue weighted by Crippen LogP contribution is 2.44. The lowest BCUT2D eigenvalue weighted by Crippen LogP contribution is -2.12. The molecule has 2 N–H and O–H groups in total. The summed E-state index contributed by atoms with van der Waals surface area (Å²) in [6, 6.07) is 3.79. The first kappa shape index (κ1) is 15.2. The lowest BCUT2D eigenvalue weighted by Gasteiger charge is -2.16. The third-order valence-electron chi connectivity index (χ3n) is 2.55. The van der Waals surface area contributed by atoms with Crippen LogP contribution < -0.4 is 5.73 Å². The fourth-order valence-corrected chi connectivity index (χ4v) is 2.46. The molecule has 0 saturated carbocycles. The number of hydrogen-bond donors (Lipinski definition) is 1. The number of nitrogens with zero attached hydrogens (tertiary/aromatic N) is 1. The molecule has 0 saturated heterocycles. The molecule has 20 heavy (non-hydrogen) atoms. The average molecular weight is 342 g/mol. The molecule has 1 heterocycles. The summed E-state index contributed by atoms with van der Waals surface area (Å²) in [5.41, 5.74) is 4.09. The van der Waals surface area contributed by atoms with Gasteiger partial charge in [0.2, 0.25) is 0 Å². The molecule has 0 radical (unpaired) electrons. The molecule has 8 heteroatoms. The summed E-state index contributed by atoms with van der Waals surface area (Å²) < 4.78 is 39.3. The van der Waals surface area contributed by atoms with Crippen molar-refractivity contribution in [3.8, 4) is 11.1 Å². The number of halogens is 6. The van der Waals surface area contributed by atoms with Crippen molar-refractivity contribution >= 4 is 40.6 Å². The van der Waals surface area contributed by atoms with Crippen LogP contribution in [0.5, 0.6) is 0 Å². The predicted octanol–water partition coefficient (Wildman–Crippen LogP) is 5.31. The first-order chi connectivity index (χ1) is 9.21. The van der Waals surface area contributed by atoms with Crippen LogP contribution in [-0.2, 0) is 6.18 Å². The Morgan fingerprint density at radius 2 is 1.70 bits per heavy atom. The molecule has 0 unspecified atom stereocenters. The van der Waals surface area contributed by atoms with Gasteiger partial charge >= 0.3 is 6.18 Å². The van der Waals surface area contributed by atoms with Gasteiger partial charge in [0.05, 0.1) is 10.0 Å². The first-order valence-corrected chi connectivity index (χ1v) is 6.31. The van der Waals surface area contributed by atoms with E-state index in [0.29, 0.717) is 0 Å². The number of alkyl halides is 3. The highest BCUT2D eigenvalue weighted by Gasteiger charge is 2.37. The molecule has 106 valence electrons. The van der Waals surface area contributed by atoms with E-state index in [1.54, 1.807) is 0 Å². The maximum absolute atomic E-state index is 13.1. The Kier molecular flexibility index (Phi) is 4.04. The van der Waals surface area contributed by atoms with Gasteiger partial charge in [0.1, 0.15) is 11.4 Å². The smallest absolute Gasteiger partial charge is 0.383 e. The van der Waals surface area contributed by atoms with Crippen molar-refractivity contribution in [2.45, 2.75) is 6.18 Å². The summed E-state index contributed by atoms with van der Waals surface area (Å²) in [7, 11) is 0. The Labute approximate surface area is 127 Å². The Morgan fingerprint density at radius 1 is 1.05 bits per heavy atom. The maximum atomic E-state index is 13.1. The molecule has 0 aliphatic heterocycles. The van der Waals surface area contributed by atoms with Crippen LogP contribution in [0, 0.1) is 0 Å². The Balaban J connectivity index is 2.81. The number of benzene rings is 1. The molecule has 1 aromatic carbocycles. The van der Waals surface area contributed by atoms with Crippen LogP contribution in [0.15, 0.2) is 24.4 Å². The van der Waals surface area contributed by atoms with Gasteiger partial charge < -0.3 is 5.73 Å². The molecule has 1 aromatic heterocycles. The van der Waals surface area contributed by atoms with Crippen molar-refractivity contribution in [2.24, 2.45) is 0 Å². The van der Waals surface area contributed by atoms with Crippen LogP contribution in [0.25, 0.3) is 11.1 Å². The standard InChI is InChI=1S/C12H6Cl3F3N2/c13-5-3-7(10(15)8(14)4-5)6-1-2-20-11(19)9(6)12(16,17)18/h1-4H,(H2,19,20). The predicted molar refractivity (Wildman–Crippen MR) is 74.1 cm³/mol. The first-order valence-electron chi connectivity index (χ1n) is 5.18. The summed E-state index contributed by atoms with van der Waals surface area (Å²) in [5, 5.41) is 0.183. The third-order valence-corrected chi connectivity index (χ3v) is 3.57. The van der Waals surface area contributed by atoms with Crippen LogP contribution in [-0.4, -0.2) is 4.98 Å². The second-order valence-corrected chi connectivity index (χ2v) is 5.09. The molecule has 0 spiro atoms. The van der Waals surface area contributed by atoms with Crippen LogP contribution in [0.3, 0.4) is 0 Å². The summed E-state index contributed by atoms with van der Waals surface area (Å²) in [6.45, 7) is 0. The van der Waals surface area contributed by atoms with E-state index >= 15 is 0 Å². The molecule has 2 aromatic rings. The molecular weight excluding hydrogens is 335 g/mol. The van der Waals surface area contributed by atoms with E-state index in [9.17, 15) is 13.2 Å². The maximum Gasteiger partial charge on any atom is 0.420 e. The summed E-state index contributed by atoms with van der Waals surface area (Å²) >= 11 is 17.6. The molecule has 0 fully saturated rings. The van der Waals surface area contributed by atoms with Gasteiger partial charge in [-0.15, -0.1) is 0 Å². The van der Waals surface area contributed by atoms with Gasteiger partial charge in [0.15, 0.2) is 0 Å². The molecule has 0 amide bonds. The Bertz CT molecular complexity index is 672. The van der Waals surface area contributed by atoms with E-state index in [1.807, 2.05) is 0 Å². The second-order valence-electron chi connectivity index (χ2n) is 3.87. The van der Waals surface area contributed by atoms with Crippen LogP contribution >= 0.6 is 34.8 Å². The Hall–Kier alpha value is -1.17. The van der Waals surface area contributed by atoms with Crippen molar-refractivity contribution in [3.05, 3.63) is 45.0 Å². The minimum Gasteiger partial charge on any atom is -0.383 e. The number of aromatic nitrogens is 1. The lowest BCUT2D eigenvalue weighted by molar-refractivity contribution is -0.136. The van der Waals surface area contributed by atoms with Gasteiger partial charge in [-0.25, -0.2) is 4.98 Å². The van der Waals surface area contributed by atoms with Gasteiger partial charge in [0.25, 0.3) is 0 Å². The van der Waals surface area contributed by atoms with Crippen LogP contribution in [0.1, 0.15) is 5.56 Å². The number of rotatable bonds is 1. The summed E-state index contributed by atoms with van der Waals surface area (Å²) in [5.74, 6) is -0.637.